The van der Waals surface area contributed by atoms with Gasteiger partial charge in [-0.25, -0.2) is 4.79 Å². The van der Waals surface area contributed by atoms with E-state index in [0.29, 0.717) is 13.2 Å². The van der Waals surface area contributed by atoms with E-state index in [0.717, 1.165) is 0 Å². The molecule has 1 aliphatic rings. The summed E-state index contributed by atoms with van der Waals surface area (Å²) in [5, 5.41) is -0.572. The van der Waals surface area contributed by atoms with Crippen molar-refractivity contribution in [1.29, 1.82) is 0 Å². The number of hydrogen-bond donors (Lipinski definition) is 0. The highest BCUT2D eigenvalue weighted by molar-refractivity contribution is 6.62. The maximum Gasteiger partial charge on any atom is 0.336 e. The molecular formula is C7H10ClNO4. The molecule has 74 valence electrons. The molecule has 1 aliphatic heterocycles. The summed E-state index contributed by atoms with van der Waals surface area (Å²) in [6.07, 6.45) is -0.707. The van der Waals surface area contributed by atoms with E-state index in [1.54, 1.807) is 0 Å². The lowest BCUT2D eigenvalue weighted by molar-refractivity contribution is -0.158. The fourth-order valence-corrected chi connectivity index (χ4v) is 1.24. The van der Waals surface area contributed by atoms with E-state index >= 15 is 0 Å². The number of carbonyl (C=O) groups excluding carboxylic acids is 2. The zero-order valence-corrected chi connectivity index (χ0v) is 7.91. The summed E-state index contributed by atoms with van der Waals surface area (Å²) in [5.41, 5.74) is 0. The van der Waals surface area contributed by atoms with Gasteiger partial charge in [-0.15, -0.1) is 0 Å². The minimum absolute atomic E-state index is 0.162. The van der Waals surface area contributed by atoms with Crippen LogP contribution in [0, 0.1) is 0 Å². The van der Waals surface area contributed by atoms with Crippen molar-refractivity contribution in [3.63, 3.8) is 0 Å². The minimum Gasteiger partial charge on any atom is -0.467 e. The molecule has 13 heavy (non-hydrogen) atoms. The number of rotatable bonds is 1. The molecule has 0 aliphatic carbocycles. The van der Waals surface area contributed by atoms with Gasteiger partial charge in [0.1, 0.15) is 0 Å². The Morgan fingerprint density at radius 1 is 1.62 bits per heavy atom. The number of hydrogen-bond acceptors (Lipinski definition) is 4. The number of carbonyl (C=O) groups is 2. The molecule has 6 heteroatoms. The number of morpholine rings is 1. The largest absolute Gasteiger partial charge is 0.467 e. The summed E-state index contributed by atoms with van der Waals surface area (Å²) in [5.74, 6) is -0.484. The molecule has 0 aromatic heterocycles. The van der Waals surface area contributed by atoms with Crippen LogP contribution in [0.3, 0.4) is 0 Å². The van der Waals surface area contributed by atoms with E-state index in [1.807, 2.05) is 0 Å². The van der Waals surface area contributed by atoms with E-state index in [-0.39, 0.29) is 6.54 Å². The first kappa shape index (κ1) is 10.3. The maximum atomic E-state index is 11.0. The van der Waals surface area contributed by atoms with E-state index in [4.69, 9.17) is 16.3 Å². The summed E-state index contributed by atoms with van der Waals surface area (Å²) in [7, 11) is 1.27. The second-order valence-corrected chi connectivity index (χ2v) is 2.90. The van der Waals surface area contributed by atoms with Crippen molar-refractivity contribution >= 4 is 22.9 Å². The van der Waals surface area contributed by atoms with Crippen LogP contribution in [-0.4, -0.2) is 49.1 Å². The number of ether oxygens (including phenoxy) is 2. The molecule has 1 unspecified atom stereocenters. The molecule has 1 atom stereocenters. The third kappa shape index (κ3) is 2.57. The molecule has 1 heterocycles. The average molecular weight is 208 g/mol. The second kappa shape index (κ2) is 4.43. The molecule has 0 aromatic rings. The van der Waals surface area contributed by atoms with Gasteiger partial charge in [0.05, 0.1) is 20.3 Å². The molecule has 0 bridgehead atoms. The number of halogens is 1. The lowest BCUT2D eigenvalue weighted by Crippen LogP contribution is -2.47. The van der Waals surface area contributed by atoms with Gasteiger partial charge < -0.3 is 14.4 Å². The SMILES string of the molecule is COC(=O)C1CN(C(=O)Cl)CCO1. The van der Waals surface area contributed by atoms with Gasteiger partial charge in [-0.1, -0.05) is 0 Å². The number of amides is 1. The van der Waals surface area contributed by atoms with E-state index in [2.05, 4.69) is 4.74 Å². The van der Waals surface area contributed by atoms with Crippen LogP contribution in [0.25, 0.3) is 0 Å². The van der Waals surface area contributed by atoms with Crippen LogP contribution >= 0.6 is 11.6 Å². The molecule has 0 saturated carbocycles. The normalized spacial score (nSPS) is 22.6. The maximum absolute atomic E-state index is 11.0. The molecular weight excluding hydrogens is 198 g/mol. The van der Waals surface area contributed by atoms with Crippen molar-refractivity contribution in [1.82, 2.24) is 4.90 Å². The third-order valence-electron chi connectivity index (χ3n) is 1.78. The fraction of sp³-hybridized carbons (Fsp3) is 0.714. The van der Waals surface area contributed by atoms with Gasteiger partial charge >= 0.3 is 11.3 Å². The fourth-order valence-electron chi connectivity index (χ4n) is 1.08. The highest BCUT2D eigenvalue weighted by Gasteiger charge is 2.28. The van der Waals surface area contributed by atoms with Crippen molar-refractivity contribution in [3.05, 3.63) is 0 Å². The van der Waals surface area contributed by atoms with Gasteiger partial charge in [-0.3, -0.25) is 4.79 Å². The Kier molecular flexibility index (Phi) is 3.50. The lowest BCUT2D eigenvalue weighted by Gasteiger charge is -2.29. The van der Waals surface area contributed by atoms with Crippen molar-refractivity contribution in [3.8, 4) is 0 Å². The van der Waals surface area contributed by atoms with Gasteiger partial charge in [0.15, 0.2) is 6.10 Å². The summed E-state index contributed by atoms with van der Waals surface area (Å²) < 4.78 is 9.56. The monoisotopic (exact) mass is 207 g/mol. The average Bonchev–Trinajstić information content (AvgIpc) is 2.17. The highest BCUT2D eigenvalue weighted by atomic mass is 35.5. The Hall–Kier alpha value is -0.810. The van der Waals surface area contributed by atoms with Crippen molar-refractivity contribution in [2.75, 3.05) is 26.8 Å². The van der Waals surface area contributed by atoms with Crippen molar-refractivity contribution < 1.29 is 19.1 Å². The zero-order valence-electron chi connectivity index (χ0n) is 7.16. The molecule has 1 fully saturated rings. The molecule has 1 amide bonds. The van der Waals surface area contributed by atoms with E-state index in [9.17, 15) is 9.59 Å². The summed E-state index contributed by atoms with van der Waals surface area (Å²) in [6.45, 7) is 0.878. The van der Waals surface area contributed by atoms with Crippen LogP contribution in [0.15, 0.2) is 0 Å². The quantitative estimate of drug-likeness (QED) is 0.351. The van der Waals surface area contributed by atoms with Crippen LogP contribution < -0.4 is 0 Å². The summed E-state index contributed by atoms with van der Waals surface area (Å²) in [4.78, 5) is 23.1. The summed E-state index contributed by atoms with van der Waals surface area (Å²) in [6, 6.07) is 0. The topological polar surface area (TPSA) is 55.8 Å². The molecule has 5 nitrogen and oxygen atoms in total. The summed E-state index contributed by atoms with van der Waals surface area (Å²) >= 11 is 5.25. The zero-order chi connectivity index (χ0) is 9.84. The van der Waals surface area contributed by atoms with E-state index in [1.165, 1.54) is 12.0 Å². The first-order chi connectivity index (χ1) is 6.15. The molecule has 0 N–H and O–H groups in total. The minimum atomic E-state index is -0.707. The smallest absolute Gasteiger partial charge is 0.336 e. The van der Waals surface area contributed by atoms with Gasteiger partial charge in [-0.05, 0) is 11.6 Å². The molecule has 0 spiro atoms. The molecule has 1 rings (SSSR count). The first-order valence-corrected chi connectivity index (χ1v) is 4.16. The number of methoxy groups -OCH3 is 1. The Labute approximate surface area is 80.5 Å². The molecule has 0 radical (unpaired) electrons. The highest BCUT2D eigenvalue weighted by Crippen LogP contribution is 2.08. The van der Waals surface area contributed by atoms with Gasteiger partial charge in [-0.2, -0.15) is 0 Å². The lowest BCUT2D eigenvalue weighted by atomic mass is 10.3. The number of esters is 1. The second-order valence-electron chi connectivity index (χ2n) is 2.58. The van der Waals surface area contributed by atoms with Gasteiger partial charge in [0.2, 0.25) is 0 Å². The third-order valence-corrected chi connectivity index (χ3v) is 2.02. The van der Waals surface area contributed by atoms with Gasteiger partial charge in [0.25, 0.3) is 0 Å². The van der Waals surface area contributed by atoms with Crippen LogP contribution in [0.1, 0.15) is 0 Å². The predicted molar refractivity (Wildman–Crippen MR) is 44.6 cm³/mol. The van der Waals surface area contributed by atoms with Gasteiger partial charge in [0, 0.05) is 6.54 Å². The first-order valence-electron chi connectivity index (χ1n) is 3.79. The Bertz CT molecular complexity index is 221. The van der Waals surface area contributed by atoms with Crippen molar-refractivity contribution in [2.45, 2.75) is 6.10 Å². The van der Waals surface area contributed by atoms with Crippen LogP contribution in [0.5, 0.6) is 0 Å². The Balaban J connectivity index is 2.51. The Morgan fingerprint density at radius 3 is 2.85 bits per heavy atom. The predicted octanol–water partition coefficient (Wildman–Crippen LogP) is 0.219. The standard InChI is InChI=1S/C7H10ClNO4/c1-12-6(10)5-4-9(7(8)11)2-3-13-5/h5H,2-4H2,1H3. The molecule has 1 saturated heterocycles. The van der Waals surface area contributed by atoms with Crippen molar-refractivity contribution in [2.24, 2.45) is 0 Å². The van der Waals surface area contributed by atoms with Crippen LogP contribution in [0.2, 0.25) is 0 Å². The number of nitrogens with zero attached hydrogens (tertiary/aromatic N) is 1. The van der Waals surface area contributed by atoms with Crippen LogP contribution in [-0.2, 0) is 14.3 Å². The Morgan fingerprint density at radius 2 is 2.31 bits per heavy atom. The van der Waals surface area contributed by atoms with Crippen LogP contribution in [0.4, 0.5) is 4.79 Å². The van der Waals surface area contributed by atoms with E-state index < -0.39 is 17.4 Å². The molecule has 0 aromatic carbocycles.